The Morgan fingerprint density at radius 3 is 2.54 bits per heavy atom. The first-order valence-corrected chi connectivity index (χ1v) is 5.23. The van der Waals surface area contributed by atoms with Crippen LogP contribution in [0.4, 0.5) is 0 Å². The predicted octanol–water partition coefficient (Wildman–Crippen LogP) is 0.135. The van der Waals surface area contributed by atoms with Crippen molar-refractivity contribution in [2.24, 2.45) is 5.14 Å². The van der Waals surface area contributed by atoms with E-state index in [2.05, 4.69) is 0 Å². The van der Waals surface area contributed by atoms with Gasteiger partial charge in [0.2, 0.25) is 10.0 Å². The third-order valence-corrected chi connectivity index (χ3v) is 2.70. The van der Waals surface area contributed by atoms with Crippen LogP contribution in [0.15, 0.2) is 23.1 Å². The largest absolute Gasteiger partial charge is 0.392 e. The van der Waals surface area contributed by atoms with Crippen molar-refractivity contribution >= 4 is 10.0 Å². The fraction of sp³-hybridized carbons (Fsp3) is 0.250. The Hall–Kier alpha value is -0.910. The van der Waals surface area contributed by atoms with Crippen molar-refractivity contribution in [1.82, 2.24) is 0 Å². The molecule has 0 aliphatic heterocycles. The summed E-state index contributed by atoms with van der Waals surface area (Å²) in [6.45, 7) is 1.49. The molecular weight excluding hydrogens is 190 g/mol. The maximum atomic E-state index is 11.0. The second-order valence-electron chi connectivity index (χ2n) is 2.81. The maximum Gasteiger partial charge on any atom is 0.238 e. The van der Waals surface area contributed by atoms with Gasteiger partial charge in [-0.2, -0.15) is 0 Å². The average Bonchev–Trinajstić information content (AvgIpc) is 2.01. The molecule has 72 valence electrons. The number of nitrogens with two attached hydrogens (primary N) is 1. The van der Waals surface area contributed by atoms with Crippen molar-refractivity contribution in [1.29, 1.82) is 0 Å². The lowest BCUT2D eigenvalue weighted by Crippen LogP contribution is -2.14. The summed E-state index contributed by atoms with van der Waals surface area (Å²) in [5, 5.41) is 13.8. The number of aryl methyl sites for hydroxylation is 1. The first kappa shape index (κ1) is 10.2. The minimum Gasteiger partial charge on any atom is -0.392 e. The van der Waals surface area contributed by atoms with Gasteiger partial charge in [0.15, 0.2) is 0 Å². The first-order chi connectivity index (χ1) is 5.95. The van der Waals surface area contributed by atoms with E-state index >= 15 is 0 Å². The number of sulfonamides is 1. The van der Waals surface area contributed by atoms with Crippen LogP contribution in [0.3, 0.4) is 0 Å². The third kappa shape index (κ3) is 2.27. The first-order valence-electron chi connectivity index (χ1n) is 3.68. The highest BCUT2D eigenvalue weighted by molar-refractivity contribution is 7.89. The molecule has 4 nitrogen and oxygen atoms in total. The zero-order valence-electron chi connectivity index (χ0n) is 7.19. The summed E-state index contributed by atoms with van der Waals surface area (Å²) in [6, 6.07) is 4.63. The molecule has 0 aliphatic carbocycles. The van der Waals surface area contributed by atoms with E-state index in [-0.39, 0.29) is 11.5 Å². The number of aliphatic hydroxyl groups is 1. The van der Waals surface area contributed by atoms with Crippen molar-refractivity contribution in [3.8, 4) is 0 Å². The van der Waals surface area contributed by atoms with E-state index in [4.69, 9.17) is 10.2 Å². The van der Waals surface area contributed by atoms with Crippen LogP contribution in [-0.4, -0.2) is 13.5 Å². The van der Waals surface area contributed by atoms with Crippen molar-refractivity contribution in [3.05, 3.63) is 29.3 Å². The molecule has 0 aliphatic rings. The monoisotopic (exact) mass is 201 g/mol. The number of hydrogen-bond acceptors (Lipinski definition) is 3. The van der Waals surface area contributed by atoms with Gasteiger partial charge < -0.3 is 5.11 Å². The molecule has 1 aromatic carbocycles. The van der Waals surface area contributed by atoms with Gasteiger partial charge in [0.05, 0.1) is 11.5 Å². The molecule has 13 heavy (non-hydrogen) atoms. The third-order valence-electron chi connectivity index (χ3n) is 1.69. The van der Waals surface area contributed by atoms with Gasteiger partial charge in [0.25, 0.3) is 0 Å². The molecule has 1 rings (SSSR count). The summed E-state index contributed by atoms with van der Waals surface area (Å²) < 4.78 is 22.0. The van der Waals surface area contributed by atoms with Crippen LogP contribution in [0, 0.1) is 6.92 Å². The lowest BCUT2D eigenvalue weighted by atomic mass is 10.1. The summed E-state index contributed by atoms with van der Waals surface area (Å²) in [4.78, 5) is -0.0133. The summed E-state index contributed by atoms with van der Waals surface area (Å²) in [7, 11) is -3.72. The second kappa shape index (κ2) is 3.45. The van der Waals surface area contributed by atoms with Crippen LogP contribution in [0.2, 0.25) is 0 Å². The van der Waals surface area contributed by atoms with Crippen molar-refractivity contribution in [2.75, 3.05) is 0 Å². The molecule has 0 unspecified atom stereocenters. The highest BCUT2D eigenvalue weighted by atomic mass is 32.2. The SMILES string of the molecule is Cc1ccc(S(N)(=O)=O)c(CO)c1. The summed E-state index contributed by atoms with van der Waals surface area (Å²) >= 11 is 0. The van der Waals surface area contributed by atoms with Gasteiger partial charge in [0.1, 0.15) is 0 Å². The Balaban J connectivity index is 3.39. The quantitative estimate of drug-likeness (QED) is 0.714. The normalized spacial score (nSPS) is 11.6. The zero-order valence-corrected chi connectivity index (χ0v) is 8.00. The Morgan fingerprint density at radius 2 is 2.08 bits per heavy atom. The lowest BCUT2D eigenvalue weighted by Gasteiger charge is -2.05. The van der Waals surface area contributed by atoms with E-state index in [9.17, 15) is 8.42 Å². The van der Waals surface area contributed by atoms with Gasteiger partial charge in [-0.05, 0) is 18.6 Å². The number of primary sulfonamides is 1. The highest BCUT2D eigenvalue weighted by Gasteiger charge is 2.12. The summed E-state index contributed by atoms with van der Waals surface area (Å²) in [5.41, 5.74) is 1.22. The Morgan fingerprint density at radius 1 is 1.46 bits per heavy atom. The molecule has 5 heteroatoms. The Labute approximate surface area is 77.1 Å². The van der Waals surface area contributed by atoms with Crippen LogP contribution in [0.1, 0.15) is 11.1 Å². The molecule has 0 spiro atoms. The standard InChI is InChI=1S/C8H11NO3S/c1-6-2-3-8(13(9,11)12)7(4-6)5-10/h2-4,10H,5H2,1H3,(H2,9,11,12). The number of rotatable bonds is 2. The molecule has 0 amide bonds. The Kier molecular flexibility index (Phi) is 2.70. The van der Waals surface area contributed by atoms with Crippen LogP contribution < -0.4 is 5.14 Å². The van der Waals surface area contributed by atoms with Crippen LogP contribution in [-0.2, 0) is 16.6 Å². The molecule has 1 aromatic rings. The fourth-order valence-corrected chi connectivity index (χ4v) is 1.86. The summed E-state index contributed by atoms with van der Waals surface area (Å²) in [6.07, 6.45) is 0. The molecular formula is C8H11NO3S. The second-order valence-corrected chi connectivity index (χ2v) is 4.34. The van der Waals surface area contributed by atoms with Crippen LogP contribution >= 0.6 is 0 Å². The summed E-state index contributed by atoms with van der Waals surface area (Å²) in [5.74, 6) is 0. The molecule has 0 radical (unpaired) electrons. The van der Waals surface area contributed by atoms with Gasteiger partial charge >= 0.3 is 0 Å². The van der Waals surface area contributed by atoms with Gasteiger partial charge in [-0.3, -0.25) is 0 Å². The minimum atomic E-state index is -3.72. The topological polar surface area (TPSA) is 80.4 Å². The number of benzene rings is 1. The van der Waals surface area contributed by atoms with Crippen LogP contribution in [0.25, 0.3) is 0 Å². The maximum absolute atomic E-state index is 11.0. The fourth-order valence-electron chi connectivity index (χ4n) is 1.11. The lowest BCUT2D eigenvalue weighted by molar-refractivity contribution is 0.278. The number of aliphatic hydroxyl groups excluding tert-OH is 1. The average molecular weight is 201 g/mol. The van der Waals surface area contributed by atoms with Gasteiger partial charge in [-0.25, -0.2) is 13.6 Å². The highest BCUT2D eigenvalue weighted by Crippen LogP contribution is 2.15. The van der Waals surface area contributed by atoms with Gasteiger partial charge in [-0.1, -0.05) is 17.7 Å². The molecule has 0 heterocycles. The van der Waals surface area contributed by atoms with E-state index in [1.165, 1.54) is 6.07 Å². The zero-order chi connectivity index (χ0) is 10.1. The molecule has 0 saturated carbocycles. The van der Waals surface area contributed by atoms with Crippen molar-refractivity contribution in [3.63, 3.8) is 0 Å². The van der Waals surface area contributed by atoms with Gasteiger partial charge in [-0.15, -0.1) is 0 Å². The molecule has 0 bridgehead atoms. The van der Waals surface area contributed by atoms with Crippen molar-refractivity contribution < 1.29 is 13.5 Å². The molecule has 0 fully saturated rings. The molecule has 0 aromatic heterocycles. The molecule has 0 atom stereocenters. The van der Waals surface area contributed by atoms with E-state index < -0.39 is 10.0 Å². The van der Waals surface area contributed by atoms with E-state index in [0.717, 1.165) is 5.56 Å². The predicted molar refractivity (Wildman–Crippen MR) is 48.5 cm³/mol. The van der Waals surface area contributed by atoms with Gasteiger partial charge in [0, 0.05) is 0 Å². The Bertz CT molecular complexity index is 411. The minimum absolute atomic E-state index is 0.0133. The van der Waals surface area contributed by atoms with E-state index in [1.807, 2.05) is 6.92 Å². The molecule has 3 N–H and O–H groups in total. The van der Waals surface area contributed by atoms with E-state index in [1.54, 1.807) is 12.1 Å². The molecule has 0 saturated heterocycles. The van der Waals surface area contributed by atoms with E-state index in [0.29, 0.717) is 5.56 Å². The van der Waals surface area contributed by atoms with Crippen molar-refractivity contribution in [2.45, 2.75) is 18.4 Å². The smallest absolute Gasteiger partial charge is 0.238 e. The number of hydrogen-bond donors (Lipinski definition) is 2. The van der Waals surface area contributed by atoms with Crippen LogP contribution in [0.5, 0.6) is 0 Å².